The van der Waals surface area contributed by atoms with E-state index in [-0.39, 0.29) is 17.7 Å². The molecule has 2 heterocycles. The molecule has 1 aromatic carbocycles. The number of nitrogens with one attached hydrogen (secondary N) is 1. The van der Waals surface area contributed by atoms with Crippen LogP contribution in [0.25, 0.3) is 0 Å². The summed E-state index contributed by atoms with van der Waals surface area (Å²) in [5.74, 6) is 2.01. The number of rotatable bonds is 6. The molecule has 1 amide bonds. The van der Waals surface area contributed by atoms with E-state index in [0.29, 0.717) is 12.3 Å². The van der Waals surface area contributed by atoms with Crippen LogP contribution in [0.3, 0.4) is 0 Å². The number of guanidine groups is 1. The lowest BCUT2D eigenvalue weighted by Gasteiger charge is -2.39. The third-order valence-corrected chi connectivity index (χ3v) is 5.96. The molecule has 166 valence electrons. The van der Waals surface area contributed by atoms with Crippen molar-refractivity contribution in [3.63, 3.8) is 0 Å². The van der Waals surface area contributed by atoms with Gasteiger partial charge in [0.1, 0.15) is 11.5 Å². The van der Waals surface area contributed by atoms with Gasteiger partial charge in [0, 0.05) is 51.4 Å². The zero-order valence-electron chi connectivity index (χ0n) is 18.4. The fourth-order valence-corrected chi connectivity index (χ4v) is 4.08. The second-order valence-corrected chi connectivity index (χ2v) is 7.90. The van der Waals surface area contributed by atoms with E-state index >= 15 is 0 Å². The summed E-state index contributed by atoms with van der Waals surface area (Å²) in [5, 5.41) is 13.5. The van der Waals surface area contributed by atoms with Gasteiger partial charge < -0.3 is 25.0 Å². The van der Waals surface area contributed by atoms with Crippen LogP contribution in [0.5, 0.6) is 11.5 Å². The number of nitrogens with zero attached hydrogens (tertiary/aromatic N) is 4. The topological polar surface area (TPSA) is 80.6 Å². The molecule has 2 aliphatic rings. The van der Waals surface area contributed by atoms with Crippen LogP contribution < -0.4 is 10.1 Å². The number of aliphatic imine (C=N–C) groups is 1. The molecule has 2 N–H and O–H groups in total. The maximum Gasteiger partial charge on any atom is 0.239 e. The smallest absolute Gasteiger partial charge is 0.239 e. The molecule has 8 heteroatoms. The molecule has 1 aromatic rings. The van der Waals surface area contributed by atoms with Crippen LogP contribution in [0.15, 0.2) is 23.2 Å². The van der Waals surface area contributed by atoms with Crippen molar-refractivity contribution in [3.8, 4) is 11.5 Å². The maximum atomic E-state index is 12.7. The van der Waals surface area contributed by atoms with Gasteiger partial charge in [-0.2, -0.15) is 0 Å². The molecule has 0 bridgehead atoms. The lowest BCUT2D eigenvalue weighted by atomic mass is 10.2. The van der Waals surface area contributed by atoms with E-state index in [4.69, 9.17) is 9.73 Å². The Morgan fingerprint density at radius 3 is 2.50 bits per heavy atom. The van der Waals surface area contributed by atoms with Gasteiger partial charge in [-0.1, -0.05) is 0 Å². The van der Waals surface area contributed by atoms with Crippen LogP contribution in [0.1, 0.15) is 32.3 Å². The molecule has 2 fully saturated rings. The molecular weight excluding hydrogens is 382 g/mol. The Balaban J connectivity index is 1.59. The van der Waals surface area contributed by atoms with Gasteiger partial charge in [-0.15, -0.1) is 0 Å². The summed E-state index contributed by atoms with van der Waals surface area (Å²) in [6, 6.07) is 5.11. The number of methoxy groups -OCH3 is 1. The van der Waals surface area contributed by atoms with Crippen molar-refractivity contribution in [1.82, 2.24) is 20.0 Å². The summed E-state index contributed by atoms with van der Waals surface area (Å²) >= 11 is 0. The number of carbonyl (C=O) groups excluding carboxylic acids is 1. The zero-order chi connectivity index (χ0) is 21.5. The largest absolute Gasteiger partial charge is 0.508 e. The Hall–Kier alpha value is -2.48. The molecule has 1 atom stereocenters. The van der Waals surface area contributed by atoms with Crippen LogP contribution in [0.2, 0.25) is 0 Å². The van der Waals surface area contributed by atoms with Gasteiger partial charge in [-0.05, 0) is 44.9 Å². The molecular formula is C22H35N5O3. The lowest BCUT2D eigenvalue weighted by Crippen LogP contribution is -2.57. The summed E-state index contributed by atoms with van der Waals surface area (Å²) in [5.41, 5.74) is 0.730. The molecule has 1 unspecified atom stereocenters. The van der Waals surface area contributed by atoms with Gasteiger partial charge in [-0.25, -0.2) is 4.99 Å². The number of aromatic hydroxyl groups is 1. The van der Waals surface area contributed by atoms with Gasteiger partial charge in [0.05, 0.1) is 19.7 Å². The first-order valence-electron chi connectivity index (χ1n) is 11.0. The average molecular weight is 418 g/mol. The normalized spacial score (nSPS) is 19.1. The molecule has 0 saturated carbocycles. The number of likely N-dealkylation sites (tertiary alicyclic amines) is 1. The number of ether oxygens (including phenoxy) is 1. The second-order valence-electron chi connectivity index (χ2n) is 7.90. The highest BCUT2D eigenvalue weighted by Gasteiger charge is 2.30. The minimum atomic E-state index is -0.0708. The van der Waals surface area contributed by atoms with E-state index in [9.17, 15) is 9.90 Å². The zero-order valence-corrected chi connectivity index (χ0v) is 18.4. The van der Waals surface area contributed by atoms with Gasteiger partial charge in [0.2, 0.25) is 5.91 Å². The van der Waals surface area contributed by atoms with Crippen LogP contribution in [0, 0.1) is 0 Å². The van der Waals surface area contributed by atoms with Crippen molar-refractivity contribution >= 4 is 11.9 Å². The van der Waals surface area contributed by atoms with Crippen LogP contribution in [-0.4, -0.2) is 90.6 Å². The predicted molar refractivity (Wildman–Crippen MR) is 118 cm³/mol. The van der Waals surface area contributed by atoms with Crippen molar-refractivity contribution in [2.24, 2.45) is 4.99 Å². The number of phenolic OH excluding ortho intramolecular Hbond substituents is 1. The minimum absolute atomic E-state index is 0.0708. The first-order valence-corrected chi connectivity index (χ1v) is 11.0. The number of phenols is 1. The average Bonchev–Trinajstić information content (AvgIpc) is 3.31. The molecule has 8 nitrogen and oxygen atoms in total. The van der Waals surface area contributed by atoms with Gasteiger partial charge >= 0.3 is 0 Å². The number of hydrogen-bond acceptors (Lipinski definition) is 5. The number of carbonyl (C=O) groups is 1. The Morgan fingerprint density at radius 1 is 1.17 bits per heavy atom. The van der Waals surface area contributed by atoms with E-state index < -0.39 is 0 Å². The predicted octanol–water partition coefficient (Wildman–Crippen LogP) is 1.49. The molecule has 0 radical (unpaired) electrons. The van der Waals surface area contributed by atoms with Crippen LogP contribution in [-0.2, 0) is 11.3 Å². The fraction of sp³-hybridized carbons (Fsp3) is 0.636. The van der Waals surface area contributed by atoms with Gasteiger partial charge in [0.25, 0.3) is 0 Å². The van der Waals surface area contributed by atoms with E-state index in [1.54, 1.807) is 19.2 Å². The minimum Gasteiger partial charge on any atom is -0.508 e. The third-order valence-electron chi connectivity index (χ3n) is 5.96. The fourth-order valence-electron chi connectivity index (χ4n) is 4.08. The number of hydrogen-bond donors (Lipinski definition) is 2. The number of benzene rings is 1. The maximum absolute atomic E-state index is 12.7. The van der Waals surface area contributed by atoms with E-state index in [2.05, 4.69) is 15.1 Å². The second kappa shape index (κ2) is 10.5. The van der Waals surface area contributed by atoms with Crippen molar-refractivity contribution in [2.45, 2.75) is 39.3 Å². The van der Waals surface area contributed by atoms with Crippen molar-refractivity contribution in [3.05, 3.63) is 23.8 Å². The summed E-state index contributed by atoms with van der Waals surface area (Å²) in [7, 11) is 1.61. The molecule has 0 aromatic heterocycles. The Bertz CT molecular complexity index is 740. The van der Waals surface area contributed by atoms with E-state index in [1.807, 2.05) is 24.8 Å². The summed E-state index contributed by atoms with van der Waals surface area (Å²) in [6.07, 6.45) is 2.25. The molecule has 2 saturated heterocycles. The molecule has 30 heavy (non-hydrogen) atoms. The SMILES string of the molecule is CCNC(=NCc1cc(OC)ccc1O)N1CCN(C(C)C(=O)N2CCCC2)CC1. The Morgan fingerprint density at radius 2 is 1.87 bits per heavy atom. The summed E-state index contributed by atoms with van der Waals surface area (Å²) < 4.78 is 5.25. The van der Waals surface area contributed by atoms with Crippen molar-refractivity contribution in [2.75, 3.05) is 52.9 Å². The lowest BCUT2D eigenvalue weighted by molar-refractivity contribution is -0.135. The Kier molecular flexibility index (Phi) is 7.79. The van der Waals surface area contributed by atoms with Gasteiger partial charge in [-0.3, -0.25) is 9.69 Å². The Labute approximate surface area is 179 Å². The highest BCUT2D eigenvalue weighted by molar-refractivity contribution is 5.82. The van der Waals surface area contributed by atoms with E-state index in [0.717, 1.165) is 70.2 Å². The molecule has 3 rings (SSSR count). The van der Waals surface area contributed by atoms with Crippen LogP contribution >= 0.6 is 0 Å². The number of amides is 1. The monoisotopic (exact) mass is 417 g/mol. The molecule has 0 spiro atoms. The highest BCUT2D eigenvalue weighted by atomic mass is 16.5. The summed E-state index contributed by atoms with van der Waals surface area (Å²) in [4.78, 5) is 23.9. The van der Waals surface area contributed by atoms with Crippen molar-refractivity contribution in [1.29, 1.82) is 0 Å². The third kappa shape index (κ3) is 5.36. The van der Waals surface area contributed by atoms with Gasteiger partial charge in [0.15, 0.2) is 5.96 Å². The quantitative estimate of drug-likeness (QED) is 0.539. The number of piperazine rings is 1. The van der Waals surface area contributed by atoms with E-state index in [1.165, 1.54) is 0 Å². The van der Waals surface area contributed by atoms with Crippen molar-refractivity contribution < 1.29 is 14.6 Å². The first-order chi connectivity index (χ1) is 14.5. The molecule has 0 aliphatic carbocycles. The summed E-state index contributed by atoms with van der Waals surface area (Å²) in [6.45, 7) is 10.3. The first kappa shape index (κ1) is 22.2. The molecule has 2 aliphatic heterocycles. The standard InChI is InChI=1S/C22H35N5O3/c1-4-23-22(24-16-18-15-19(30-3)7-8-20(18)28)27-13-11-25(12-14-27)17(2)21(29)26-9-5-6-10-26/h7-8,15,17,28H,4-6,9-14,16H2,1-3H3,(H,23,24). The highest BCUT2D eigenvalue weighted by Crippen LogP contribution is 2.23. The van der Waals surface area contributed by atoms with Crippen LogP contribution in [0.4, 0.5) is 0 Å².